The Balaban J connectivity index is 1.15. The maximum Gasteiger partial charge on any atom is 0.255 e. The SMILES string of the molecule is COc1ccc(-c2csc(NC(=O)C(Sc3ccc(NC(=O)c4ccc5ccccc5c4)cc3)c3ccccc3)n2)cc1OC. The molecule has 0 saturated heterocycles. The van der Waals surface area contributed by atoms with Gasteiger partial charge in [0.15, 0.2) is 16.6 Å². The van der Waals surface area contributed by atoms with Gasteiger partial charge in [0.05, 0.1) is 19.9 Å². The van der Waals surface area contributed by atoms with E-state index in [4.69, 9.17) is 9.47 Å². The van der Waals surface area contributed by atoms with E-state index in [9.17, 15) is 9.59 Å². The van der Waals surface area contributed by atoms with E-state index in [1.807, 2.05) is 121 Å². The Labute approximate surface area is 269 Å². The molecule has 5 aromatic carbocycles. The van der Waals surface area contributed by atoms with Crippen molar-refractivity contribution in [1.82, 2.24) is 4.98 Å². The lowest BCUT2D eigenvalue weighted by atomic mass is 10.1. The quantitative estimate of drug-likeness (QED) is 0.147. The number of fused-ring (bicyclic) bond motifs is 1. The van der Waals surface area contributed by atoms with Crippen LogP contribution in [0.4, 0.5) is 10.8 Å². The number of rotatable bonds is 10. The zero-order chi connectivity index (χ0) is 31.2. The highest BCUT2D eigenvalue weighted by Gasteiger charge is 2.23. The number of nitrogens with one attached hydrogen (secondary N) is 2. The number of carbonyl (C=O) groups is 2. The Hall–Kier alpha value is -5.12. The van der Waals surface area contributed by atoms with Gasteiger partial charge in [-0.15, -0.1) is 23.1 Å². The smallest absolute Gasteiger partial charge is 0.255 e. The van der Waals surface area contributed by atoms with Crippen molar-refractivity contribution in [2.24, 2.45) is 0 Å². The van der Waals surface area contributed by atoms with Crippen molar-refractivity contribution in [1.29, 1.82) is 0 Å². The fraction of sp³-hybridized carbons (Fsp3) is 0.0833. The van der Waals surface area contributed by atoms with E-state index in [-0.39, 0.29) is 11.8 Å². The highest BCUT2D eigenvalue weighted by Crippen LogP contribution is 2.38. The molecule has 9 heteroatoms. The Morgan fingerprint density at radius 2 is 1.49 bits per heavy atom. The van der Waals surface area contributed by atoms with E-state index in [0.717, 1.165) is 32.5 Å². The van der Waals surface area contributed by atoms with Crippen LogP contribution in [0, 0.1) is 0 Å². The monoisotopic (exact) mass is 631 g/mol. The topological polar surface area (TPSA) is 89.6 Å². The van der Waals surface area contributed by atoms with Crippen molar-refractivity contribution in [2.45, 2.75) is 10.1 Å². The number of amides is 2. The van der Waals surface area contributed by atoms with Crippen LogP contribution >= 0.6 is 23.1 Å². The molecule has 0 fully saturated rings. The lowest BCUT2D eigenvalue weighted by molar-refractivity contribution is -0.115. The molecule has 0 radical (unpaired) electrons. The van der Waals surface area contributed by atoms with Crippen molar-refractivity contribution >= 4 is 56.5 Å². The molecule has 1 atom stereocenters. The number of aromatic nitrogens is 1. The van der Waals surface area contributed by atoms with Crippen LogP contribution in [0.1, 0.15) is 21.2 Å². The molecule has 0 bridgehead atoms. The van der Waals surface area contributed by atoms with E-state index in [1.54, 1.807) is 14.2 Å². The van der Waals surface area contributed by atoms with Crippen molar-refractivity contribution < 1.29 is 19.1 Å². The summed E-state index contributed by atoms with van der Waals surface area (Å²) in [5, 5.41) is 9.93. The number of ether oxygens (including phenoxy) is 2. The molecule has 6 aromatic rings. The molecule has 1 unspecified atom stereocenters. The molecular formula is C36H29N3O4S2. The first-order valence-electron chi connectivity index (χ1n) is 14.1. The molecule has 0 saturated carbocycles. The highest BCUT2D eigenvalue weighted by atomic mass is 32.2. The molecular weight excluding hydrogens is 603 g/mol. The molecule has 2 N–H and O–H groups in total. The van der Waals surface area contributed by atoms with Crippen LogP contribution in [0.3, 0.4) is 0 Å². The predicted octanol–water partition coefficient (Wildman–Crippen LogP) is 8.70. The number of anilines is 2. The summed E-state index contributed by atoms with van der Waals surface area (Å²) in [6, 6.07) is 36.3. The first-order valence-corrected chi connectivity index (χ1v) is 15.9. The zero-order valence-electron chi connectivity index (χ0n) is 24.5. The Morgan fingerprint density at radius 1 is 0.756 bits per heavy atom. The van der Waals surface area contributed by atoms with Gasteiger partial charge in [-0.05, 0) is 70.9 Å². The average molecular weight is 632 g/mol. The minimum Gasteiger partial charge on any atom is -0.493 e. The van der Waals surface area contributed by atoms with E-state index >= 15 is 0 Å². The first kappa shape index (κ1) is 29.9. The lowest BCUT2D eigenvalue weighted by Gasteiger charge is -2.16. The number of nitrogens with zero attached hydrogens (tertiary/aromatic N) is 1. The van der Waals surface area contributed by atoms with Crippen LogP contribution < -0.4 is 20.1 Å². The van der Waals surface area contributed by atoms with Gasteiger partial charge in [0.2, 0.25) is 5.91 Å². The molecule has 0 aliphatic rings. The minimum absolute atomic E-state index is 0.182. The van der Waals surface area contributed by atoms with Gasteiger partial charge in [-0.3, -0.25) is 9.59 Å². The number of benzene rings is 5. The number of carbonyl (C=O) groups excluding carboxylic acids is 2. The van der Waals surface area contributed by atoms with Gasteiger partial charge >= 0.3 is 0 Å². The Kier molecular flexibility index (Phi) is 9.09. The van der Waals surface area contributed by atoms with Gasteiger partial charge in [-0.1, -0.05) is 60.7 Å². The molecule has 6 rings (SSSR count). The first-order chi connectivity index (χ1) is 22.0. The molecule has 7 nitrogen and oxygen atoms in total. The largest absolute Gasteiger partial charge is 0.493 e. The minimum atomic E-state index is -0.530. The summed E-state index contributed by atoms with van der Waals surface area (Å²) in [7, 11) is 3.18. The van der Waals surface area contributed by atoms with E-state index < -0.39 is 5.25 Å². The molecule has 0 spiro atoms. The Morgan fingerprint density at radius 3 is 2.24 bits per heavy atom. The van der Waals surface area contributed by atoms with Gasteiger partial charge in [0.25, 0.3) is 5.91 Å². The van der Waals surface area contributed by atoms with Crippen molar-refractivity contribution in [3.05, 3.63) is 132 Å². The van der Waals surface area contributed by atoms with E-state index in [1.165, 1.54) is 23.1 Å². The van der Waals surface area contributed by atoms with Crippen molar-refractivity contribution in [3.63, 3.8) is 0 Å². The molecule has 45 heavy (non-hydrogen) atoms. The highest BCUT2D eigenvalue weighted by molar-refractivity contribution is 8.00. The van der Waals surface area contributed by atoms with Crippen molar-refractivity contribution in [2.75, 3.05) is 24.9 Å². The molecule has 1 aromatic heterocycles. The third-order valence-corrected chi connectivity index (χ3v) is 9.16. The number of hydrogen-bond donors (Lipinski definition) is 2. The zero-order valence-corrected chi connectivity index (χ0v) is 26.2. The number of thioether (sulfide) groups is 1. The summed E-state index contributed by atoms with van der Waals surface area (Å²) in [6.45, 7) is 0. The number of thiazole rings is 1. The molecule has 2 amide bonds. The molecule has 0 aliphatic heterocycles. The maximum absolute atomic E-state index is 13.7. The fourth-order valence-electron chi connectivity index (χ4n) is 4.82. The second-order valence-electron chi connectivity index (χ2n) is 10.0. The van der Waals surface area contributed by atoms with Gasteiger partial charge in [-0.25, -0.2) is 4.98 Å². The van der Waals surface area contributed by atoms with Crippen LogP contribution in [0.15, 0.2) is 126 Å². The predicted molar refractivity (Wildman–Crippen MR) is 183 cm³/mol. The number of hydrogen-bond acceptors (Lipinski definition) is 7. The van der Waals surface area contributed by atoms with Crippen LogP contribution in [-0.4, -0.2) is 31.0 Å². The second kappa shape index (κ2) is 13.7. The standard InChI is InChI=1S/C36H29N3O4S2/c1-42-31-19-14-26(21-32(31)43-2)30-22-44-36(38-30)39-35(41)33(24-9-4-3-5-10-24)45-29-17-15-28(16-18-29)37-34(40)27-13-12-23-8-6-7-11-25(23)20-27/h3-22,33H,1-2H3,(H,37,40)(H,38,39,41). The Bertz CT molecular complexity index is 1960. The van der Waals surface area contributed by atoms with E-state index in [0.29, 0.717) is 27.9 Å². The van der Waals surface area contributed by atoms with Crippen LogP contribution in [0.5, 0.6) is 11.5 Å². The van der Waals surface area contributed by atoms with Gasteiger partial charge < -0.3 is 20.1 Å². The van der Waals surface area contributed by atoms with Gasteiger partial charge in [-0.2, -0.15) is 0 Å². The van der Waals surface area contributed by atoms with Crippen LogP contribution in [-0.2, 0) is 4.79 Å². The maximum atomic E-state index is 13.7. The van der Waals surface area contributed by atoms with Crippen LogP contribution in [0.25, 0.3) is 22.0 Å². The summed E-state index contributed by atoms with van der Waals surface area (Å²) >= 11 is 2.79. The third kappa shape index (κ3) is 7.01. The third-order valence-electron chi connectivity index (χ3n) is 7.13. The summed E-state index contributed by atoms with van der Waals surface area (Å²) in [5.74, 6) is 0.869. The lowest BCUT2D eigenvalue weighted by Crippen LogP contribution is -2.19. The molecule has 224 valence electrons. The molecule has 1 heterocycles. The summed E-state index contributed by atoms with van der Waals surface area (Å²) in [6.07, 6.45) is 0. The summed E-state index contributed by atoms with van der Waals surface area (Å²) in [5.41, 5.74) is 3.70. The summed E-state index contributed by atoms with van der Waals surface area (Å²) in [4.78, 5) is 32.1. The number of methoxy groups -OCH3 is 2. The average Bonchev–Trinajstić information content (AvgIpc) is 3.56. The fourth-order valence-corrected chi connectivity index (χ4v) is 6.56. The second-order valence-corrected chi connectivity index (χ2v) is 12.1. The normalized spacial score (nSPS) is 11.5. The van der Waals surface area contributed by atoms with Crippen molar-refractivity contribution in [3.8, 4) is 22.8 Å². The van der Waals surface area contributed by atoms with Crippen LogP contribution in [0.2, 0.25) is 0 Å². The van der Waals surface area contributed by atoms with E-state index in [2.05, 4.69) is 15.6 Å². The summed E-state index contributed by atoms with van der Waals surface area (Å²) < 4.78 is 10.8. The molecule has 0 aliphatic carbocycles. The van der Waals surface area contributed by atoms with Gasteiger partial charge in [0, 0.05) is 27.1 Å². The van der Waals surface area contributed by atoms with Gasteiger partial charge in [0.1, 0.15) is 5.25 Å².